The molecule has 0 unspecified atom stereocenters. The van der Waals surface area contributed by atoms with Crippen LogP contribution in [-0.2, 0) is 4.79 Å². The van der Waals surface area contributed by atoms with Gasteiger partial charge in [-0.3, -0.25) is 4.79 Å². The van der Waals surface area contributed by atoms with E-state index in [2.05, 4.69) is 19.2 Å². The largest absolute Gasteiger partial charge is 0.316 e. The number of hydrogen-bond acceptors (Lipinski definition) is 2. The quantitative estimate of drug-likeness (QED) is 0.815. The van der Waals surface area contributed by atoms with E-state index in [-0.39, 0.29) is 0 Å². The molecule has 0 aromatic carbocycles. The van der Waals surface area contributed by atoms with E-state index in [1.165, 1.54) is 32.1 Å². The summed E-state index contributed by atoms with van der Waals surface area (Å²) in [5.74, 6) is 2.11. The minimum Gasteiger partial charge on any atom is -0.316 e. The lowest BCUT2D eigenvalue weighted by atomic mass is 9.71. The van der Waals surface area contributed by atoms with E-state index in [0.29, 0.717) is 11.2 Å². The predicted molar refractivity (Wildman–Crippen MR) is 80.2 cm³/mol. The summed E-state index contributed by atoms with van der Waals surface area (Å²) in [5, 5.41) is 3.70. The maximum Gasteiger partial charge on any atom is 0.132 e. The van der Waals surface area contributed by atoms with Crippen molar-refractivity contribution in [3.05, 3.63) is 0 Å². The van der Waals surface area contributed by atoms with Gasteiger partial charge < -0.3 is 5.32 Å². The molecule has 0 bridgehead atoms. The third-order valence-electron chi connectivity index (χ3n) is 5.39. The van der Waals surface area contributed by atoms with Crippen LogP contribution in [0.3, 0.4) is 0 Å². The average molecular weight is 265 g/mol. The second-order valence-corrected chi connectivity index (χ2v) is 7.44. The predicted octanol–water partition coefficient (Wildman–Crippen LogP) is 3.94. The molecule has 0 aromatic rings. The van der Waals surface area contributed by atoms with Crippen LogP contribution in [0.1, 0.15) is 71.6 Å². The summed E-state index contributed by atoms with van der Waals surface area (Å²) >= 11 is 0. The number of carbonyl (C=O) groups excluding carboxylic acids is 1. The Hall–Kier alpha value is -0.370. The Bertz CT molecular complexity index is 282. The molecule has 0 heterocycles. The van der Waals surface area contributed by atoms with Crippen LogP contribution in [0.4, 0.5) is 0 Å². The number of hydrogen-bond donors (Lipinski definition) is 1. The Morgan fingerprint density at radius 1 is 1.05 bits per heavy atom. The number of nitrogens with one attached hydrogen (secondary N) is 1. The summed E-state index contributed by atoms with van der Waals surface area (Å²) in [6.07, 6.45) is 11.0. The summed E-state index contributed by atoms with van der Waals surface area (Å²) in [5.41, 5.74) is 0.435. The van der Waals surface area contributed by atoms with Crippen LogP contribution in [-0.4, -0.2) is 18.9 Å². The summed E-state index contributed by atoms with van der Waals surface area (Å²) in [6.45, 7) is 7.12. The Labute approximate surface area is 118 Å². The lowest BCUT2D eigenvalue weighted by Crippen LogP contribution is -2.39. The first-order valence-corrected chi connectivity index (χ1v) is 8.30. The highest BCUT2D eigenvalue weighted by molar-refractivity contribution is 5.79. The molecule has 0 amide bonds. The second kappa shape index (κ2) is 6.88. The SMILES string of the molecule is CC(C)(CNCC1CCC(=O)CC1)C1CCCCC1. The van der Waals surface area contributed by atoms with Crippen molar-refractivity contribution in [3.8, 4) is 0 Å². The summed E-state index contributed by atoms with van der Waals surface area (Å²) in [4.78, 5) is 11.2. The summed E-state index contributed by atoms with van der Waals surface area (Å²) < 4.78 is 0. The molecule has 19 heavy (non-hydrogen) atoms. The van der Waals surface area contributed by atoms with Gasteiger partial charge in [-0.25, -0.2) is 0 Å². The van der Waals surface area contributed by atoms with Crippen molar-refractivity contribution < 1.29 is 4.79 Å². The molecule has 0 radical (unpaired) electrons. The topological polar surface area (TPSA) is 29.1 Å². The molecule has 2 heteroatoms. The van der Waals surface area contributed by atoms with Crippen LogP contribution in [0.2, 0.25) is 0 Å². The molecule has 2 aliphatic rings. The second-order valence-electron chi connectivity index (χ2n) is 7.44. The van der Waals surface area contributed by atoms with Crippen LogP contribution < -0.4 is 5.32 Å². The smallest absolute Gasteiger partial charge is 0.132 e. The van der Waals surface area contributed by atoms with E-state index in [9.17, 15) is 4.79 Å². The van der Waals surface area contributed by atoms with E-state index in [4.69, 9.17) is 0 Å². The Morgan fingerprint density at radius 3 is 2.32 bits per heavy atom. The Balaban J connectivity index is 1.67. The van der Waals surface area contributed by atoms with Gasteiger partial charge in [0.25, 0.3) is 0 Å². The van der Waals surface area contributed by atoms with Crippen molar-refractivity contribution in [2.45, 2.75) is 71.6 Å². The van der Waals surface area contributed by atoms with Crippen molar-refractivity contribution in [2.24, 2.45) is 17.3 Å². The van der Waals surface area contributed by atoms with E-state index < -0.39 is 0 Å². The van der Waals surface area contributed by atoms with Crippen LogP contribution in [0.5, 0.6) is 0 Å². The molecule has 2 nitrogen and oxygen atoms in total. The molecular weight excluding hydrogens is 234 g/mol. The van der Waals surface area contributed by atoms with Crippen LogP contribution >= 0.6 is 0 Å². The Morgan fingerprint density at radius 2 is 1.68 bits per heavy atom. The van der Waals surface area contributed by atoms with Gasteiger partial charge in [-0.15, -0.1) is 0 Å². The highest BCUT2D eigenvalue weighted by Crippen LogP contribution is 2.37. The number of ketones is 1. The lowest BCUT2D eigenvalue weighted by molar-refractivity contribution is -0.120. The molecular formula is C17H31NO. The normalized spacial score (nSPS) is 23.8. The van der Waals surface area contributed by atoms with Gasteiger partial charge in [0.15, 0.2) is 0 Å². The highest BCUT2D eigenvalue weighted by Gasteiger charge is 2.30. The third-order valence-corrected chi connectivity index (χ3v) is 5.39. The van der Waals surface area contributed by atoms with Gasteiger partial charge in [-0.1, -0.05) is 33.1 Å². The minimum absolute atomic E-state index is 0.435. The first kappa shape index (κ1) is 15.0. The molecule has 0 saturated heterocycles. The highest BCUT2D eigenvalue weighted by atomic mass is 16.1. The maximum absolute atomic E-state index is 11.2. The fraction of sp³-hybridized carbons (Fsp3) is 0.941. The first-order chi connectivity index (χ1) is 9.08. The van der Waals surface area contributed by atoms with Crippen molar-refractivity contribution in [2.75, 3.05) is 13.1 Å². The molecule has 0 aromatic heterocycles. The van der Waals surface area contributed by atoms with E-state index >= 15 is 0 Å². The lowest BCUT2D eigenvalue weighted by Gasteiger charge is -2.37. The first-order valence-electron chi connectivity index (χ1n) is 8.30. The molecule has 2 aliphatic carbocycles. The zero-order valence-corrected chi connectivity index (χ0v) is 12.8. The van der Waals surface area contributed by atoms with E-state index in [0.717, 1.165) is 50.6 Å². The molecule has 110 valence electrons. The average Bonchev–Trinajstić information content (AvgIpc) is 2.42. The maximum atomic E-state index is 11.2. The number of Topliss-reactive ketones (excluding diaryl/α,β-unsaturated/α-hetero) is 1. The molecule has 2 rings (SSSR count). The van der Waals surface area contributed by atoms with Crippen LogP contribution in [0.25, 0.3) is 0 Å². The minimum atomic E-state index is 0.435. The monoisotopic (exact) mass is 265 g/mol. The van der Waals surface area contributed by atoms with Crippen molar-refractivity contribution in [1.29, 1.82) is 0 Å². The van der Waals surface area contributed by atoms with Crippen molar-refractivity contribution in [3.63, 3.8) is 0 Å². The number of carbonyl (C=O) groups is 1. The van der Waals surface area contributed by atoms with Crippen molar-refractivity contribution >= 4 is 5.78 Å². The van der Waals surface area contributed by atoms with Gasteiger partial charge >= 0.3 is 0 Å². The summed E-state index contributed by atoms with van der Waals surface area (Å²) in [6, 6.07) is 0. The fourth-order valence-electron chi connectivity index (χ4n) is 3.83. The van der Waals surface area contributed by atoms with Crippen LogP contribution in [0.15, 0.2) is 0 Å². The molecule has 0 spiro atoms. The zero-order valence-electron chi connectivity index (χ0n) is 12.8. The fourth-order valence-corrected chi connectivity index (χ4v) is 3.83. The van der Waals surface area contributed by atoms with Gasteiger partial charge in [0.1, 0.15) is 5.78 Å². The summed E-state index contributed by atoms with van der Waals surface area (Å²) in [7, 11) is 0. The molecule has 0 aliphatic heterocycles. The Kier molecular flexibility index (Phi) is 5.44. The van der Waals surface area contributed by atoms with Crippen molar-refractivity contribution in [1.82, 2.24) is 5.32 Å². The van der Waals surface area contributed by atoms with E-state index in [1.54, 1.807) is 0 Å². The van der Waals surface area contributed by atoms with Gasteiger partial charge in [0.2, 0.25) is 0 Å². The molecule has 2 fully saturated rings. The molecule has 2 saturated carbocycles. The standard InChI is InChI=1S/C17H31NO/c1-17(2,15-6-4-3-5-7-15)13-18-12-14-8-10-16(19)11-9-14/h14-15,18H,3-13H2,1-2H3. The zero-order chi connectivity index (χ0) is 13.7. The van der Waals surface area contributed by atoms with Gasteiger partial charge in [-0.2, -0.15) is 0 Å². The van der Waals surface area contributed by atoms with E-state index in [1.807, 2.05) is 0 Å². The number of rotatable bonds is 5. The molecule has 0 atom stereocenters. The molecule has 1 N–H and O–H groups in total. The van der Waals surface area contributed by atoms with Gasteiger partial charge in [-0.05, 0) is 49.5 Å². The van der Waals surface area contributed by atoms with Gasteiger partial charge in [0, 0.05) is 19.4 Å². The van der Waals surface area contributed by atoms with Crippen LogP contribution in [0, 0.1) is 17.3 Å². The van der Waals surface area contributed by atoms with Gasteiger partial charge in [0.05, 0.1) is 0 Å². The third kappa shape index (κ3) is 4.59.